The summed E-state index contributed by atoms with van der Waals surface area (Å²) in [5.41, 5.74) is 7.82. The number of likely N-dealkylation sites (N-methyl/N-ethyl adjacent to an activating group) is 1. The fraction of sp³-hybridized carbons (Fsp3) is 0.455. The van der Waals surface area contributed by atoms with Gasteiger partial charge in [0.25, 0.3) is 0 Å². The molecule has 4 heteroatoms. The van der Waals surface area contributed by atoms with E-state index >= 15 is 0 Å². The van der Waals surface area contributed by atoms with Crippen LogP contribution in [0.3, 0.4) is 0 Å². The largest absolute Gasteiger partial charge is 0.329 e. The lowest BCUT2D eigenvalue weighted by molar-refractivity contribution is 0.236. The van der Waals surface area contributed by atoms with Crippen LogP contribution < -0.4 is 5.73 Å². The van der Waals surface area contributed by atoms with Gasteiger partial charge in [0.15, 0.2) is 0 Å². The molecular formula is C11H14ClFN2. The standard InChI is InChI=1S/C11H14ClFN2/c1-15-3-2-7-4-10(13)9(12)5-8(7)11(15)6-14/h4-5,11H,2-3,6,14H2,1H3. The van der Waals surface area contributed by atoms with E-state index in [1.165, 1.54) is 6.07 Å². The number of rotatable bonds is 1. The highest BCUT2D eigenvalue weighted by Gasteiger charge is 2.24. The first-order chi connectivity index (χ1) is 7.13. The van der Waals surface area contributed by atoms with Gasteiger partial charge in [0.1, 0.15) is 5.82 Å². The van der Waals surface area contributed by atoms with Crippen LogP contribution in [0.5, 0.6) is 0 Å². The molecule has 1 aliphatic rings. The second-order valence-electron chi connectivity index (χ2n) is 3.95. The van der Waals surface area contributed by atoms with Gasteiger partial charge in [-0.25, -0.2) is 4.39 Å². The van der Waals surface area contributed by atoms with Crippen LogP contribution in [0, 0.1) is 5.82 Å². The van der Waals surface area contributed by atoms with Gasteiger partial charge in [-0.3, -0.25) is 4.90 Å². The van der Waals surface area contributed by atoms with Gasteiger partial charge in [0.05, 0.1) is 5.02 Å². The molecule has 0 saturated carbocycles. The summed E-state index contributed by atoms with van der Waals surface area (Å²) in [6.07, 6.45) is 0.858. The molecule has 1 atom stereocenters. The van der Waals surface area contributed by atoms with Gasteiger partial charge in [0.2, 0.25) is 0 Å². The zero-order valence-electron chi connectivity index (χ0n) is 8.63. The number of benzene rings is 1. The van der Waals surface area contributed by atoms with Crippen molar-refractivity contribution in [3.63, 3.8) is 0 Å². The number of hydrogen-bond acceptors (Lipinski definition) is 2. The normalized spacial score (nSPS) is 21.5. The van der Waals surface area contributed by atoms with Gasteiger partial charge in [-0.05, 0) is 36.7 Å². The SMILES string of the molecule is CN1CCc2cc(F)c(Cl)cc2C1CN. The highest BCUT2D eigenvalue weighted by molar-refractivity contribution is 6.30. The molecule has 1 aromatic rings. The molecule has 0 aliphatic carbocycles. The third-order valence-corrected chi connectivity index (χ3v) is 3.32. The van der Waals surface area contributed by atoms with Crippen LogP contribution in [0.25, 0.3) is 0 Å². The lowest BCUT2D eigenvalue weighted by Crippen LogP contribution is -2.36. The van der Waals surface area contributed by atoms with Crippen molar-refractivity contribution in [3.05, 3.63) is 34.1 Å². The average Bonchev–Trinajstić information content (AvgIpc) is 2.21. The minimum Gasteiger partial charge on any atom is -0.329 e. The molecule has 1 aliphatic heterocycles. The number of nitrogens with zero attached hydrogens (tertiary/aromatic N) is 1. The zero-order chi connectivity index (χ0) is 11.0. The van der Waals surface area contributed by atoms with Crippen molar-refractivity contribution >= 4 is 11.6 Å². The van der Waals surface area contributed by atoms with E-state index in [2.05, 4.69) is 4.90 Å². The Hall–Kier alpha value is -0.640. The van der Waals surface area contributed by atoms with E-state index in [9.17, 15) is 4.39 Å². The van der Waals surface area contributed by atoms with E-state index in [1.807, 2.05) is 7.05 Å². The molecule has 0 spiro atoms. The molecule has 1 aromatic carbocycles. The van der Waals surface area contributed by atoms with E-state index in [4.69, 9.17) is 17.3 Å². The Bertz CT molecular complexity index is 381. The van der Waals surface area contributed by atoms with E-state index in [0.29, 0.717) is 6.54 Å². The first kappa shape index (κ1) is 10.9. The molecule has 2 N–H and O–H groups in total. The summed E-state index contributed by atoms with van der Waals surface area (Å²) in [7, 11) is 2.03. The monoisotopic (exact) mass is 228 g/mol. The molecule has 0 aromatic heterocycles. The first-order valence-corrected chi connectivity index (χ1v) is 5.39. The topological polar surface area (TPSA) is 29.3 Å². The van der Waals surface area contributed by atoms with E-state index < -0.39 is 0 Å². The molecule has 1 unspecified atom stereocenters. The fourth-order valence-corrected chi connectivity index (χ4v) is 2.30. The summed E-state index contributed by atoms with van der Waals surface area (Å²) in [6.45, 7) is 1.45. The third kappa shape index (κ3) is 1.87. The van der Waals surface area contributed by atoms with Crippen LogP contribution in [-0.2, 0) is 6.42 Å². The summed E-state index contributed by atoms with van der Waals surface area (Å²) in [6, 6.07) is 3.40. The Balaban J connectivity index is 2.48. The van der Waals surface area contributed by atoms with Crippen molar-refractivity contribution in [2.75, 3.05) is 20.1 Å². The molecular weight excluding hydrogens is 215 g/mol. The summed E-state index contributed by atoms with van der Waals surface area (Å²) in [4.78, 5) is 2.18. The molecule has 2 rings (SSSR count). The van der Waals surface area contributed by atoms with Gasteiger partial charge >= 0.3 is 0 Å². The van der Waals surface area contributed by atoms with Gasteiger partial charge in [0, 0.05) is 19.1 Å². The van der Waals surface area contributed by atoms with Crippen molar-refractivity contribution in [1.82, 2.24) is 4.90 Å². The summed E-state index contributed by atoms with van der Waals surface area (Å²) < 4.78 is 13.3. The van der Waals surface area contributed by atoms with Crippen molar-refractivity contribution in [2.24, 2.45) is 5.73 Å². The lowest BCUT2D eigenvalue weighted by Gasteiger charge is -2.33. The van der Waals surface area contributed by atoms with Crippen LogP contribution in [-0.4, -0.2) is 25.0 Å². The minimum atomic E-state index is -0.337. The van der Waals surface area contributed by atoms with Crippen LogP contribution in [0.2, 0.25) is 5.02 Å². The van der Waals surface area contributed by atoms with Gasteiger partial charge in [-0.2, -0.15) is 0 Å². The van der Waals surface area contributed by atoms with Crippen molar-refractivity contribution in [1.29, 1.82) is 0 Å². The maximum atomic E-state index is 13.3. The predicted molar refractivity (Wildman–Crippen MR) is 59.5 cm³/mol. The van der Waals surface area contributed by atoms with E-state index in [1.54, 1.807) is 6.07 Å². The number of nitrogens with two attached hydrogens (primary N) is 1. The molecule has 0 fully saturated rings. The van der Waals surface area contributed by atoms with Crippen molar-refractivity contribution < 1.29 is 4.39 Å². The molecule has 0 radical (unpaired) electrons. The smallest absolute Gasteiger partial charge is 0.142 e. The molecule has 1 heterocycles. The zero-order valence-corrected chi connectivity index (χ0v) is 9.39. The Morgan fingerprint density at radius 2 is 2.33 bits per heavy atom. The summed E-state index contributed by atoms with van der Waals surface area (Å²) in [5, 5.41) is 0.183. The van der Waals surface area contributed by atoms with Gasteiger partial charge in [-0.15, -0.1) is 0 Å². The quantitative estimate of drug-likeness (QED) is 0.797. The van der Waals surface area contributed by atoms with Gasteiger partial charge in [-0.1, -0.05) is 11.6 Å². The Morgan fingerprint density at radius 3 is 3.00 bits per heavy atom. The van der Waals surface area contributed by atoms with Crippen molar-refractivity contribution in [3.8, 4) is 0 Å². The fourth-order valence-electron chi connectivity index (χ4n) is 2.13. The Kier molecular flexibility index (Phi) is 2.96. The van der Waals surface area contributed by atoms with Crippen molar-refractivity contribution in [2.45, 2.75) is 12.5 Å². The molecule has 0 amide bonds. The lowest BCUT2D eigenvalue weighted by atomic mass is 9.93. The van der Waals surface area contributed by atoms with E-state index in [-0.39, 0.29) is 16.9 Å². The third-order valence-electron chi connectivity index (χ3n) is 3.03. The minimum absolute atomic E-state index is 0.159. The number of halogens is 2. The number of fused-ring (bicyclic) bond motifs is 1. The highest BCUT2D eigenvalue weighted by atomic mass is 35.5. The van der Waals surface area contributed by atoms with Crippen LogP contribution in [0.1, 0.15) is 17.2 Å². The van der Waals surface area contributed by atoms with Crippen LogP contribution in [0.4, 0.5) is 4.39 Å². The second kappa shape index (κ2) is 4.08. The predicted octanol–water partition coefficient (Wildman–Crippen LogP) is 1.97. The number of hydrogen-bond donors (Lipinski definition) is 1. The molecule has 2 nitrogen and oxygen atoms in total. The first-order valence-electron chi connectivity index (χ1n) is 5.01. The van der Waals surface area contributed by atoms with Crippen LogP contribution in [0.15, 0.2) is 12.1 Å². The summed E-state index contributed by atoms with van der Waals surface area (Å²) in [5.74, 6) is -0.337. The molecule has 0 bridgehead atoms. The Labute approximate surface area is 93.8 Å². The van der Waals surface area contributed by atoms with Gasteiger partial charge < -0.3 is 5.73 Å². The van der Waals surface area contributed by atoms with E-state index in [0.717, 1.165) is 24.1 Å². The molecule has 15 heavy (non-hydrogen) atoms. The Morgan fingerprint density at radius 1 is 1.60 bits per heavy atom. The highest BCUT2D eigenvalue weighted by Crippen LogP contribution is 2.31. The maximum Gasteiger partial charge on any atom is 0.142 e. The average molecular weight is 229 g/mol. The molecule has 82 valence electrons. The second-order valence-corrected chi connectivity index (χ2v) is 4.35. The van der Waals surface area contributed by atoms with Crippen LogP contribution >= 0.6 is 11.6 Å². The molecule has 0 saturated heterocycles. The maximum absolute atomic E-state index is 13.3. The summed E-state index contributed by atoms with van der Waals surface area (Å²) >= 11 is 5.78.